The number of morpholine rings is 1. The molecule has 3 heterocycles. The Morgan fingerprint density at radius 3 is 2.55 bits per heavy atom. The average molecular weight is 420 g/mol. The van der Waals surface area contributed by atoms with Gasteiger partial charge in [0.05, 0.1) is 24.7 Å². The zero-order valence-corrected chi connectivity index (χ0v) is 17.2. The standard InChI is InChI=1S/C20H26FN5O2S/c21-16-6-5-7-17(14-16)26-19(25-10-12-28-13-11-25)22-23-20(26)29-15-18(27)24-8-3-1-2-4-9-24/h5-7,14H,1-4,8-13,15H2. The molecule has 29 heavy (non-hydrogen) atoms. The maximum Gasteiger partial charge on any atom is 0.233 e. The highest BCUT2D eigenvalue weighted by Crippen LogP contribution is 2.28. The highest BCUT2D eigenvalue weighted by molar-refractivity contribution is 7.99. The summed E-state index contributed by atoms with van der Waals surface area (Å²) in [7, 11) is 0. The summed E-state index contributed by atoms with van der Waals surface area (Å²) in [5.41, 5.74) is 0.654. The first-order chi connectivity index (χ1) is 14.2. The molecule has 0 unspecified atom stereocenters. The van der Waals surface area contributed by atoms with Crippen molar-refractivity contribution in [3.63, 3.8) is 0 Å². The molecule has 2 aliphatic rings. The van der Waals surface area contributed by atoms with Gasteiger partial charge in [-0.15, -0.1) is 10.2 Å². The van der Waals surface area contributed by atoms with Gasteiger partial charge in [0.1, 0.15) is 5.82 Å². The number of carbonyl (C=O) groups excluding carboxylic acids is 1. The molecule has 0 spiro atoms. The van der Waals surface area contributed by atoms with Crippen LogP contribution in [0.15, 0.2) is 29.4 Å². The Bertz CT molecular complexity index is 832. The van der Waals surface area contributed by atoms with Crippen molar-refractivity contribution in [3.8, 4) is 5.69 Å². The number of anilines is 1. The van der Waals surface area contributed by atoms with Crippen LogP contribution in [-0.2, 0) is 9.53 Å². The van der Waals surface area contributed by atoms with Crippen LogP contribution in [0.3, 0.4) is 0 Å². The van der Waals surface area contributed by atoms with Gasteiger partial charge >= 0.3 is 0 Å². The van der Waals surface area contributed by atoms with Crippen LogP contribution in [0.1, 0.15) is 25.7 Å². The Balaban J connectivity index is 1.55. The summed E-state index contributed by atoms with van der Waals surface area (Å²) in [5, 5.41) is 9.30. The number of nitrogens with zero attached hydrogens (tertiary/aromatic N) is 5. The van der Waals surface area contributed by atoms with Crippen LogP contribution >= 0.6 is 11.8 Å². The molecule has 0 saturated carbocycles. The maximum absolute atomic E-state index is 13.9. The van der Waals surface area contributed by atoms with Crippen LogP contribution in [0.2, 0.25) is 0 Å². The number of halogens is 1. The molecule has 0 radical (unpaired) electrons. The van der Waals surface area contributed by atoms with Gasteiger partial charge in [0.2, 0.25) is 11.9 Å². The average Bonchev–Trinajstić information content (AvgIpc) is 2.97. The summed E-state index contributed by atoms with van der Waals surface area (Å²) in [4.78, 5) is 16.7. The molecular weight excluding hydrogens is 393 g/mol. The zero-order chi connectivity index (χ0) is 20.1. The molecule has 0 bridgehead atoms. The Morgan fingerprint density at radius 1 is 1.07 bits per heavy atom. The lowest BCUT2D eigenvalue weighted by molar-refractivity contribution is -0.128. The highest BCUT2D eigenvalue weighted by atomic mass is 32.2. The topological polar surface area (TPSA) is 63.5 Å². The SMILES string of the molecule is O=C(CSc1nnc(N2CCOCC2)n1-c1cccc(F)c1)N1CCCCCC1. The maximum atomic E-state index is 13.9. The lowest BCUT2D eigenvalue weighted by atomic mass is 10.2. The molecule has 9 heteroatoms. The van der Waals surface area contributed by atoms with E-state index in [-0.39, 0.29) is 11.7 Å². The van der Waals surface area contributed by atoms with Crippen molar-refractivity contribution in [1.82, 2.24) is 19.7 Å². The fourth-order valence-electron chi connectivity index (χ4n) is 3.70. The number of benzene rings is 1. The van der Waals surface area contributed by atoms with Crippen molar-refractivity contribution in [2.75, 3.05) is 50.0 Å². The first kappa shape index (κ1) is 20.2. The molecule has 2 fully saturated rings. The molecule has 1 amide bonds. The number of aromatic nitrogens is 3. The fraction of sp³-hybridized carbons (Fsp3) is 0.550. The van der Waals surface area contributed by atoms with Gasteiger partial charge in [-0.1, -0.05) is 30.7 Å². The van der Waals surface area contributed by atoms with Gasteiger partial charge in [0.15, 0.2) is 5.16 Å². The summed E-state index contributed by atoms with van der Waals surface area (Å²) < 4.78 is 21.2. The molecule has 4 rings (SSSR count). The minimum Gasteiger partial charge on any atom is -0.378 e. The van der Waals surface area contributed by atoms with Crippen molar-refractivity contribution in [2.45, 2.75) is 30.8 Å². The molecule has 7 nitrogen and oxygen atoms in total. The van der Waals surface area contributed by atoms with Gasteiger partial charge in [-0.3, -0.25) is 9.36 Å². The highest BCUT2D eigenvalue weighted by Gasteiger charge is 2.23. The van der Waals surface area contributed by atoms with Crippen molar-refractivity contribution < 1.29 is 13.9 Å². The molecular formula is C20H26FN5O2S. The second-order valence-corrected chi connectivity index (χ2v) is 8.22. The predicted molar refractivity (Wildman–Crippen MR) is 110 cm³/mol. The lowest BCUT2D eigenvalue weighted by Crippen LogP contribution is -2.38. The van der Waals surface area contributed by atoms with Crippen molar-refractivity contribution in [3.05, 3.63) is 30.1 Å². The van der Waals surface area contributed by atoms with Crippen LogP contribution in [0.25, 0.3) is 5.69 Å². The van der Waals surface area contributed by atoms with Gasteiger partial charge < -0.3 is 14.5 Å². The second-order valence-electron chi connectivity index (χ2n) is 7.28. The van der Waals surface area contributed by atoms with Gasteiger partial charge in [-0.05, 0) is 31.0 Å². The number of hydrogen-bond donors (Lipinski definition) is 0. The first-order valence-electron chi connectivity index (χ1n) is 10.2. The molecule has 1 aromatic heterocycles. The Labute approximate surface area is 174 Å². The van der Waals surface area contributed by atoms with Crippen molar-refractivity contribution in [2.24, 2.45) is 0 Å². The van der Waals surface area contributed by atoms with E-state index in [1.54, 1.807) is 6.07 Å². The van der Waals surface area contributed by atoms with Gasteiger partial charge in [-0.25, -0.2) is 4.39 Å². The number of hydrogen-bond acceptors (Lipinski definition) is 6. The largest absolute Gasteiger partial charge is 0.378 e. The van der Waals surface area contributed by atoms with E-state index in [2.05, 4.69) is 15.1 Å². The second kappa shape index (κ2) is 9.58. The van der Waals surface area contributed by atoms with E-state index in [4.69, 9.17) is 4.74 Å². The molecule has 2 aromatic rings. The van der Waals surface area contributed by atoms with Gasteiger partial charge in [-0.2, -0.15) is 0 Å². The molecule has 0 aliphatic carbocycles. The van der Waals surface area contributed by atoms with E-state index < -0.39 is 0 Å². The van der Waals surface area contributed by atoms with Crippen LogP contribution in [-0.4, -0.2) is 70.7 Å². The third kappa shape index (κ3) is 4.90. The van der Waals surface area contributed by atoms with E-state index in [1.165, 1.54) is 36.7 Å². The third-order valence-corrected chi connectivity index (χ3v) is 6.17. The summed E-state index contributed by atoms with van der Waals surface area (Å²) in [5.74, 6) is 0.763. The Hall–Kier alpha value is -2.13. The quantitative estimate of drug-likeness (QED) is 0.695. The van der Waals surface area contributed by atoms with E-state index >= 15 is 0 Å². The third-order valence-electron chi connectivity index (χ3n) is 5.26. The number of rotatable bonds is 5. The normalized spacial score (nSPS) is 18.0. The first-order valence-corrected chi connectivity index (χ1v) is 11.2. The van der Waals surface area contributed by atoms with Gasteiger partial charge in [0.25, 0.3) is 0 Å². The summed E-state index contributed by atoms with van der Waals surface area (Å²) >= 11 is 1.36. The van der Waals surface area contributed by atoms with E-state index in [0.717, 1.165) is 25.9 Å². The molecule has 1 aromatic carbocycles. The minimum absolute atomic E-state index is 0.124. The van der Waals surface area contributed by atoms with Crippen LogP contribution in [0, 0.1) is 5.82 Å². The summed E-state index contributed by atoms with van der Waals surface area (Å²) in [6, 6.07) is 6.38. The minimum atomic E-state index is -0.319. The Morgan fingerprint density at radius 2 is 1.83 bits per heavy atom. The van der Waals surface area contributed by atoms with Crippen molar-refractivity contribution >= 4 is 23.6 Å². The molecule has 156 valence electrons. The molecule has 0 N–H and O–H groups in total. The van der Waals surface area contributed by atoms with Crippen LogP contribution in [0.4, 0.5) is 10.3 Å². The van der Waals surface area contributed by atoms with Crippen molar-refractivity contribution in [1.29, 1.82) is 0 Å². The van der Waals surface area contributed by atoms with Gasteiger partial charge in [0, 0.05) is 26.2 Å². The van der Waals surface area contributed by atoms with E-state index in [0.29, 0.717) is 48.8 Å². The number of ether oxygens (including phenoxy) is 1. The summed E-state index contributed by atoms with van der Waals surface area (Å²) in [6.07, 6.45) is 4.51. The smallest absolute Gasteiger partial charge is 0.233 e. The fourth-order valence-corrected chi connectivity index (χ4v) is 4.55. The van der Waals surface area contributed by atoms with Crippen LogP contribution < -0.4 is 4.90 Å². The number of thioether (sulfide) groups is 1. The monoisotopic (exact) mass is 419 g/mol. The number of carbonyl (C=O) groups is 1. The zero-order valence-electron chi connectivity index (χ0n) is 16.4. The van der Waals surface area contributed by atoms with Crippen LogP contribution in [0.5, 0.6) is 0 Å². The number of likely N-dealkylation sites (tertiary alicyclic amines) is 1. The van der Waals surface area contributed by atoms with E-state index in [1.807, 2.05) is 15.5 Å². The molecule has 2 saturated heterocycles. The van der Waals surface area contributed by atoms with E-state index in [9.17, 15) is 9.18 Å². The molecule has 2 aliphatic heterocycles. The lowest BCUT2D eigenvalue weighted by Gasteiger charge is -2.28. The summed E-state index contributed by atoms with van der Waals surface area (Å²) in [6.45, 7) is 4.29. The molecule has 0 atom stereocenters. The Kier molecular flexibility index (Phi) is 6.66. The predicted octanol–water partition coefficient (Wildman–Crippen LogP) is 2.74. The number of amides is 1.